The second-order valence-corrected chi connectivity index (χ2v) is 7.71. The Morgan fingerprint density at radius 2 is 2.04 bits per heavy atom. The highest BCUT2D eigenvalue weighted by Gasteiger charge is 2.30. The van der Waals surface area contributed by atoms with E-state index in [1.165, 1.54) is 11.1 Å². The molecule has 6 nitrogen and oxygen atoms in total. The summed E-state index contributed by atoms with van der Waals surface area (Å²) in [6.45, 7) is 7.86. The monoisotopic (exact) mass is 368 g/mol. The van der Waals surface area contributed by atoms with Crippen LogP contribution in [0.15, 0.2) is 30.5 Å². The second kappa shape index (κ2) is 8.37. The number of benzene rings is 1. The van der Waals surface area contributed by atoms with Gasteiger partial charge >= 0.3 is 11.8 Å². The number of amides is 2. The maximum atomic E-state index is 12.4. The highest BCUT2D eigenvalue weighted by molar-refractivity contribution is 6.35. The van der Waals surface area contributed by atoms with Crippen molar-refractivity contribution < 1.29 is 9.59 Å². The highest BCUT2D eigenvalue weighted by Crippen LogP contribution is 2.22. The summed E-state index contributed by atoms with van der Waals surface area (Å²) in [5.41, 5.74) is 4.41. The van der Waals surface area contributed by atoms with Crippen LogP contribution in [-0.4, -0.2) is 40.0 Å². The van der Waals surface area contributed by atoms with Crippen molar-refractivity contribution in [1.82, 2.24) is 20.4 Å². The predicted octanol–water partition coefficient (Wildman–Crippen LogP) is 2.55. The Morgan fingerprint density at radius 3 is 2.67 bits per heavy atom. The van der Waals surface area contributed by atoms with E-state index in [1.54, 1.807) is 11.1 Å². The quantitative estimate of drug-likeness (QED) is 0.796. The average Bonchev–Trinajstić information content (AvgIpc) is 3.28. The zero-order valence-corrected chi connectivity index (χ0v) is 16.3. The first-order chi connectivity index (χ1) is 12.9. The van der Waals surface area contributed by atoms with Crippen molar-refractivity contribution in [1.29, 1.82) is 0 Å². The average molecular weight is 368 g/mol. The highest BCUT2D eigenvalue weighted by atomic mass is 16.2. The number of aromatic amines is 1. The number of H-pyrrole nitrogens is 1. The molecule has 1 saturated heterocycles. The van der Waals surface area contributed by atoms with Crippen LogP contribution in [0.3, 0.4) is 0 Å². The van der Waals surface area contributed by atoms with Gasteiger partial charge in [0, 0.05) is 30.9 Å². The van der Waals surface area contributed by atoms with Crippen molar-refractivity contribution in [3.63, 3.8) is 0 Å². The molecule has 0 aliphatic carbocycles. The second-order valence-electron chi connectivity index (χ2n) is 7.71. The van der Waals surface area contributed by atoms with Gasteiger partial charge in [0.15, 0.2) is 0 Å². The summed E-state index contributed by atoms with van der Waals surface area (Å²) in [5, 5.41) is 9.43. The van der Waals surface area contributed by atoms with Gasteiger partial charge in [-0.1, -0.05) is 38.1 Å². The van der Waals surface area contributed by atoms with E-state index in [9.17, 15) is 9.59 Å². The lowest BCUT2D eigenvalue weighted by Gasteiger charge is -2.16. The minimum atomic E-state index is -0.544. The van der Waals surface area contributed by atoms with E-state index in [2.05, 4.69) is 53.6 Å². The summed E-state index contributed by atoms with van der Waals surface area (Å²) in [6, 6.07) is 8.73. The normalized spacial score (nSPS) is 16.7. The van der Waals surface area contributed by atoms with Crippen molar-refractivity contribution in [3.8, 4) is 0 Å². The standard InChI is InChI=1S/C21H28N4O2/c1-14(2)18-6-4-16(5-7-18)10-17-8-9-25(13-17)21(27)20(26)22-11-19-12-23-24-15(19)3/h4-7,12,14,17H,8-11,13H2,1-3H3,(H,22,26)(H,23,24). The Kier molecular flexibility index (Phi) is 5.94. The molecule has 0 radical (unpaired) electrons. The van der Waals surface area contributed by atoms with Crippen LogP contribution in [0.4, 0.5) is 0 Å². The molecule has 1 aromatic heterocycles. The number of hydrogen-bond acceptors (Lipinski definition) is 3. The Labute approximate surface area is 160 Å². The number of aromatic nitrogens is 2. The number of aryl methyl sites for hydroxylation is 1. The molecule has 0 saturated carbocycles. The van der Waals surface area contributed by atoms with Crippen LogP contribution in [0, 0.1) is 12.8 Å². The van der Waals surface area contributed by atoms with Crippen molar-refractivity contribution in [2.45, 2.75) is 46.1 Å². The number of hydrogen-bond donors (Lipinski definition) is 2. The van der Waals surface area contributed by atoms with Gasteiger partial charge in [0.1, 0.15) is 0 Å². The van der Waals surface area contributed by atoms with Gasteiger partial charge in [0.2, 0.25) is 0 Å². The summed E-state index contributed by atoms with van der Waals surface area (Å²) in [7, 11) is 0. The molecule has 6 heteroatoms. The van der Waals surface area contributed by atoms with Gasteiger partial charge < -0.3 is 10.2 Å². The third kappa shape index (κ3) is 4.76. The molecule has 1 aromatic carbocycles. The summed E-state index contributed by atoms with van der Waals surface area (Å²) in [4.78, 5) is 26.2. The lowest BCUT2D eigenvalue weighted by molar-refractivity contribution is -0.145. The summed E-state index contributed by atoms with van der Waals surface area (Å²) < 4.78 is 0. The summed E-state index contributed by atoms with van der Waals surface area (Å²) in [6.07, 6.45) is 3.54. The molecule has 27 heavy (non-hydrogen) atoms. The molecule has 2 aromatic rings. The van der Waals surface area contributed by atoms with E-state index in [0.717, 1.165) is 24.1 Å². The van der Waals surface area contributed by atoms with E-state index in [0.29, 0.717) is 31.5 Å². The van der Waals surface area contributed by atoms with Crippen molar-refractivity contribution in [2.75, 3.05) is 13.1 Å². The predicted molar refractivity (Wildman–Crippen MR) is 104 cm³/mol. The Morgan fingerprint density at radius 1 is 1.30 bits per heavy atom. The van der Waals surface area contributed by atoms with Gasteiger partial charge in [0.25, 0.3) is 0 Å². The molecule has 1 fully saturated rings. The Balaban J connectivity index is 1.48. The minimum Gasteiger partial charge on any atom is -0.344 e. The maximum Gasteiger partial charge on any atom is 0.311 e. The number of carbonyl (C=O) groups excluding carboxylic acids is 2. The van der Waals surface area contributed by atoms with E-state index in [4.69, 9.17) is 0 Å². The molecule has 1 atom stereocenters. The SMILES string of the molecule is Cc1[nH]ncc1CNC(=O)C(=O)N1CCC(Cc2ccc(C(C)C)cc2)C1. The fourth-order valence-corrected chi connectivity index (χ4v) is 3.50. The third-order valence-corrected chi connectivity index (χ3v) is 5.31. The van der Waals surface area contributed by atoms with Crippen LogP contribution >= 0.6 is 0 Å². The number of carbonyl (C=O) groups is 2. The van der Waals surface area contributed by atoms with Gasteiger partial charge in [0.05, 0.1) is 6.20 Å². The molecule has 1 aliphatic heterocycles. The molecule has 1 aliphatic rings. The van der Waals surface area contributed by atoms with Crippen LogP contribution in [0.25, 0.3) is 0 Å². The molecule has 0 spiro atoms. The molecule has 3 rings (SSSR count). The van der Waals surface area contributed by atoms with Crippen LogP contribution in [0.5, 0.6) is 0 Å². The largest absolute Gasteiger partial charge is 0.344 e. The number of nitrogens with one attached hydrogen (secondary N) is 2. The first-order valence-corrected chi connectivity index (χ1v) is 9.58. The molecular weight excluding hydrogens is 340 g/mol. The van der Waals surface area contributed by atoms with Crippen molar-refractivity contribution >= 4 is 11.8 Å². The fraction of sp³-hybridized carbons (Fsp3) is 0.476. The van der Waals surface area contributed by atoms with Gasteiger partial charge in [-0.2, -0.15) is 5.10 Å². The minimum absolute atomic E-state index is 0.312. The number of likely N-dealkylation sites (tertiary alicyclic amines) is 1. The molecule has 1 unspecified atom stereocenters. The molecule has 0 bridgehead atoms. The zero-order valence-electron chi connectivity index (χ0n) is 16.3. The molecule has 2 heterocycles. The fourth-order valence-electron chi connectivity index (χ4n) is 3.50. The molecule has 2 amide bonds. The van der Waals surface area contributed by atoms with Crippen molar-refractivity contribution in [2.24, 2.45) is 5.92 Å². The molecule has 144 valence electrons. The number of nitrogens with zero attached hydrogens (tertiary/aromatic N) is 2. The van der Waals surface area contributed by atoms with E-state index >= 15 is 0 Å². The van der Waals surface area contributed by atoms with Crippen LogP contribution in [0.2, 0.25) is 0 Å². The third-order valence-electron chi connectivity index (χ3n) is 5.31. The van der Waals surface area contributed by atoms with Crippen LogP contribution in [-0.2, 0) is 22.6 Å². The van der Waals surface area contributed by atoms with Gasteiger partial charge in [-0.3, -0.25) is 14.7 Å². The summed E-state index contributed by atoms with van der Waals surface area (Å²) >= 11 is 0. The lowest BCUT2D eigenvalue weighted by atomic mass is 9.96. The topological polar surface area (TPSA) is 78.1 Å². The lowest BCUT2D eigenvalue weighted by Crippen LogP contribution is -2.41. The van der Waals surface area contributed by atoms with Gasteiger partial charge in [-0.15, -0.1) is 0 Å². The van der Waals surface area contributed by atoms with Crippen LogP contribution < -0.4 is 5.32 Å². The zero-order chi connectivity index (χ0) is 19.4. The first kappa shape index (κ1) is 19.1. The summed E-state index contributed by atoms with van der Waals surface area (Å²) in [5.74, 6) is -0.0444. The Hall–Kier alpha value is -2.63. The molecule has 2 N–H and O–H groups in total. The number of rotatable bonds is 5. The Bertz CT molecular complexity index is 795. The first-order valence-electron chi connectivity index (χ1n) is 9.58. The molecular formula is C21H28N4O2. The smallest absolute Gasteiger partial charge is 0.311 e. The van der Waals surface area contributed by atoms with Crippen LogP contribution in [0.1, 0.15) is 48.6 Å². The van der Waals surface area contributed by atoms with E-state index in [1.807, 2.05) is 6.92 Å². The van der Waals surface area contributed by atoms with E-state index in [-0.39, 0.29) is 0 Å². The van der Waals surface area contributed by atoms with Crippen molar-refractivity contribution in [3.05, 3.63) is 52.8 Å². The maximum absolute atomic E-state index is 12.4. The van der Waals surface area contributed by atoms with Gasteiger partial charge in [-0.25, -0.2) is 0 Å². The van der Waals surface area contributed by atoms with E-state index < -0.39 is 11.8 Å². The van der Waals surface area contributed by atoms with Gasteiger partial charge in [-0.05, 0) is 42.7 Å².